The third-order valence-corrected chi connectivity index (χ3v) is 4.26. The van der Waals surface area contributed by atoms with Crippen LogP contribution in [0.1, 0.15) is 19.3 Å². The van der Waals surface area contributed by atoms with Crippen molar-refractivity contribution < 1.29 is 19.4 Å². The molecule has 3 N–H and O–H groups in total. The smallest absolute Gasteiger partial charge is 0.224 e. The summed E-state index contributed by atoms with van der Waals surface area (Å²) in [4.78, 5) is 32.2. The number of amides is 2. The highest BCUT2D eigenvalue weighted by molar-refractivity contribution is 5.91. The van der Waals surface area contributed by atoms with Gasteiger partial charge in [-0.15, -0.1) is 20.4 Å². The fourth-order valence-corrected chi connectivity index (χ4v) is 2.68. The van der Waals surface area contributed by atoms with Crippen LogP contribution in [-0.2, 0) is 14.3 Å². The molecule has 0 atom stereocenters. The fraction of sp³-hybridized carbons (Fsp3) is 0.333. The van der Waals surface area contributed by atoms with Crippen LogP contribution < -0.4 is 10.6 Å². The molecule has 0 aliphatic carbocycles. The van der Waals surface area contributed by atoms with Gasteiger partial charge < -0.3 is 20.5 Å². The molecular weight excluding hydrogens is 428 g/mol. The van der Waals surface area contributed by atoms with E-state index in [9.17, 15) is 9.59 Å². The van der Waals surface area contributed by atoms with Crippen molar-refractivity contribution in [2.24, 2.45) is 0 Å². The third-order valence-electron chi connectivity index (χ3n) is 4.26. The fourth-order valence-electron chi connectivity index (χ4n) is 2.68. The van der Waals surface area contributed by atoms with E-state index in [0.29, 0.717) is 42.5 Å². The van der Waals surface area contributed by atoms with Crippen molar-refractivity contribution in [1.29, 1.82) is 0 Å². The highest BCUT2D eigenvalue weighted by atomic mass is 16.5. The summed E-state index contributed by atoms with van der Waals surface area (Å²) >= 11 is 0. The van der Waals surface area contributed by atoms with E-state index < -0.39 is 0 Å². The molecule has 172 valence electrons. The maximum Gasteiger partial charge on any atom is 0.224 e. The molecule has 12 nitrogen and oxygen atoms in total. The van der Waals surface area contributed by atoms with Crippen molar-refractivity contribution in [3.05, 3.63) is 42.7 Å². The average molecular weight is 452 g/mol. The number of aliphatic hydroxyl groups is 1. The van der Waals surface area contributed by atoms with Gasteiger partial charge in [0.05, 0.1) is 31.7 Å². The molecule has 3 aromatic rings. The van der Waals surface area contributed by atoms with Crippen LogP contribution in [0.15, 0.2) is 42.7 Å². The number of aromatic nitrogens is 6. The van der Waals surface area contributed by atoms with Crippen molar-refractivity contribution in [2.45, 2.75) is 19.3 Å². The summed E-state index contributed by atoms with van der Waals surface area (Å²) in [6.45, 7) is 0.888. The second kappa shape index (κ2) is 12.8. The van der Waals surface area contributed by atoms with E-state index in [1.54, 1.807) is 30.5 Å². The van der Waals surface area contributed by atoms with Crippen molar-refractivity contribution >= 4 is 17.5 Å². The summed E-state index contributed by atoms with van der Waals surface area (Å²) in [5.41, 5.74) is 1.54. The maximum atomic E-state index is 12.1. The Labute approximate surface area is 189 Å². The molecule has 0 aromatic carbocycles. The van der Waals surface area contributed by atoms with E-state index in [1.807, 2.05) is 6.07 Å². The monoisotopic (exact) mass is 452 g/mol. The van der Waals surface area contributed by atoms with E-state index in [0.717, 1.165) is 0 Å². The number of anilines is 1. The van der Waals surface area contributed by atoms with E-state index in [1.165, 1.54) is 6.20 Å². The lowest BCUT2D eigenvalue weighted by molar-refractivity contribution is -0.121. The number of rotatable bonds is 12. The van der Waals surface area contributed by atoms with Gasteiger partial charge in [-0.25, -0.2) is 0 Å². The standard InChI is InChI=1S/C21H24N8O4/c30-11-13-33-12-10-23-18(31)5-3-6-19(32)25-15-7-8-17(24-14-15)21-28-26-20(27-29-21)16-4-1-2-9-22-16/h1-2,4,7-9,14,30H,3,5-6,10-13H2,(H,23,31)(H,25,32). The second-order valence-corrected chi connectivity index (χ2v) is 6.78. The largest absolute Gasteiger partial charge is 0.394 e. The first-order chi connectivity index (χ1) is 16.2. The van der Waals surface area contributed by atoms with E-state index in [4.69, 9.17) is 9.84 Å². The second-order valence-electron chi connectivity index (χ2n) is 6.78. The average Bonchev–Trinajstić information content (AvgIpc) is 2.85. The van der Waals surface area contributed by atoms with Gasteiger partial charge in [0.2, 0.25) is 23.5 Å². The zero-order valence-corrected chi connectivity index (χ0v) is 17.8. The summed E-state index contributed by atoms with van der Waals surface area (Å²) in [6, 6.07) is 8.70. The van der Waals surface area contributed by atoms with Gasteiger partial charge in [0.15, 0.2) is 0 Å². The minimum atomic E-state index is -0.220. The van der Waals surface area contributed by atoms with E-state index >= 15 is 0 Å². The number of nitrogens with zero attached hydrogens (tertiary/aromatic N) is 6. The minimum Gasteiger partial charge on any atom is -0.394 e. The van der Waals surface area contributed by atoms with Crippen molar-refractivity contribution in [3.63, 3.8) is 0 Å². The number of pyridine rings is 2. The first-order valence-corrected chi connectivity index (χ1v) is 10.4. The number of nitrogens with one attached hydrogen (secondary N) is 2. The molecule has 3 rings (SSSR count). The zero-order valence-electron chi connectivity index (χ0n) is 17.8. The number of ether oxygens (including phenoxy) is 1. The Kier molecular flexibility index (Phi) is 9.24. The molecule has 2 amide bonds. The molecule has 3 aromatic heterocycles. The van der Waals surface area contributed by atoms with Crippen LogP contribution >= 0.6 is 0 Å². The van der Waals surface area contributed by atoms with Gasteiger partial charge in [0, 0.05) is 25.6 Å². The summed E-state index contributed by atoms with van der Waals surface area (Å²) in [7, 11) is 0. The molecule has 0 unspecified atom stereocenters. The van der Waals surface area contributed by atoms with E-state index in [-0.39, 0.29) is 43.7 Å². The zero-order chi connectivity index (χ0) is 23.3. The molecule has 0 aliphatic heterocycles. The number of carbonyl (C=O) groups excluding carboxylic acids is 2. The number of hydrogen-bond donors (Lipinski definition) is 3. The molecule has 0 radical (unpaired) electrons. The molecule has 0 fully saturated rings. The van der Waals surface area contributed by atoms with Gasteiger partial charge in [-0.05, 0) is 30.7 Å². The Morgan fingerprint density at radius 2 is 1.61 bits per heavy atom. The van der Waals surface area contributed by atoms with Gasteiger partial charge >= 0.3 is 0 Å². The molecule has 0 saturated carbocycles. The topological polar surface area (TPSA) is 165 Å². The molecule has 0 aliphatic rings. The lowest BCUT2D eigenvalue weighted by Gasteiger charge is -2.07. The van der Waals surface area contributed by atoms with Gasteiger partial charge in [-0.1, -0.05) is 6.07 Å². The molecular formula is C21H24N8O4. The molecule has 33 heavy (non-hydrogen) atoms. The van der Waals surface area contributed by atoms with Crippen LogP contribution in [0.4, 0.5) is 5.69 Å². The first kappa shape index (κ1) is 23.8. The number of carbonyl (C=O) groups is 2. The predicted octanol–water partition coefficient (Wildman–Crippen LogP) is 0.624. The predicted molar refractivity (Wildman–Crippen MR) is 117 cm³/mol. The third kappa shape index (κ3) is 7.94. The van der Waals surface area contributed by atoms with Crippen molar-refractivity contribution in [2.75, 3.05) is 31.7 Å². The minimum absolute atomic E-state index is 0.0523. The molecule has 0 spiro atoms. The van der Waals surface area contributed by atoms with Crippen LogP contribution in [0.2, 0.25) is 0 Å². The molecule has 0 bridgehead atoms. The Balaban J connectivity index is 1.41. The van der Waals surface area contributed by atoms with Crippen molar-refractivity contribution in [1.82, 2.24) is 35.7 Å². The van der Waals surface area contributed by atoms with Crippen LogP contribution in [-0.4, -0.2) is 73.6 Å². The lowest BCUT2D eigenvalue weighted by Crippen LogP contribution is -2.27. The summed E-state index contributed by atoms with van der Waals surface area (Å²) < 4.78 is 5.05. The Morgan fingerprint density at radius 3 is 2.24 bits per heavy atom. The summed E-state index contributed by atoms with van der Waals surface area (Å²) in [5, 5.41) is 30.2. The van der Waals surface area contributed by atoms with Crippen LogP contribution in [0.3, 0.4) is 0 Å². The first-order valence-electron chi connectivity index (χ1n) is 10.4. The molecule has 12 heteroatoms. The number of aliphatic hydroxyl groups excluding tert-OH is 1. The Bertz CT molecular complexity index is 1020. The highest BCUT2D eigenvalue weighted by Gasteiger charge is 2.10. The Morgan fingerprint density at radius 1 is 0.879 bits per heavy atom. The maximum absolute atomic E-state index is 12.1. The van der Waals surface area contributed by atoms with Gasteiger partial charge in [0.1, 0.15) is 11.4 Å². The normalized spacial score (nSPS) is 10.6. The van der Waals surface area contributed by atoms with Gasteiger partial charge in [-0.2, -0.15) is 0 Å². The lowest BCUT2D eigenvalue weighted by atomic mass is 10.2. The summed E-state index contributed by atoms with van der Waals surface area (Å²) in [5.74, 6) is 0.188. The van der Waals surface area contributed by atoms with Gasteiger partial charge in [0.25, 0.3) is 0 Å². The van der Waals surface area contributed by atoms with Crippen molar-refractivity contribution in [3.8, 4) is 23.0 Å². The van der Waals surface area contributed by atoms with Crippen LogP contribution in [0.5, 0.6) is 0 Å². The van der Waals surface area contributed by atoms with E-state index in [2.05, 4.69) is 41.0 Å². The molecule has 3 heterocycles. The SMILES string of the molecule is O=C(CCCC(=O)Nc1ccc(-c2nnc(-c3ccccn3)nn2)nc1)NCCOCCO. The summed E-state index contributed by atoms with van der Waals surface area (Å²) in [6.07, 6.45) is 3.96. The highest BCUT2D eigenvalue weighted by Crippen LogP contribution is 2.15. The van der Waals surface area contributed by atoms with Crippen LogP contribution in [0, 0.1) is 0 Å². The number of hydrogen-bond acceptors (Lipinski definition) is 10. The Hall–Kier alpha value is -3.90. The molecule has 0 saturated heterocycles. The quantitative estimate of drug-likeness (QED) is 0.332. The van der Waals surface area contributed by atoms with Gasteiger partial charge in [-0.3, -0.25) is 19.6 Å². The van der Waals surface area contributed by atoms with Crippen LogP contribution in [0.25, 0.3) is 23.0 Å².